The van der Waals surface area contributed by atoms with E-state index in [1.165, 1.54) is 0 Å². The Morgan fingerprint density at radius 2 is 1.82 bits per heavy atom. The number of hydrogen-bond donors (Lipinski definition) is 2. The minimum absolute atomic E-state index is 0.0111. The van der Waals surface area contributed by atoms with Gasteiger partial charge in [-0.2, -0.15) is 0 Å². The van der Waals surface area contributed by atoms with Crippen molar-refractivity contribution in [3.63, 3.8) is 0 Å². The van der Waals surface area contributed by atoms with E-state index in [1.54, 1.807) is 7.11 Å². The Morgan fingerprint density at radius 3 is 2.29 bits per heavy atom. The van der Waals surface area contributed by atoms with E-state index in [0.717, 1.165) is 16.9 Å². The van der Waals surface area contributed by atoms with Gasteiger partial charge in [-0.3, -0.25) is 0 Å². The van der Waals surface area contributed by atoms with Gasteiger partial charge >= 0.3 is 0 Å². The predicted octanol–water partition coefficient (Wildman–Crippen LogP) is 2.28. The maximum absolute atomic E-state index is 10.3. The molecule has 0 spiro atoms. The van der Waals surface area contributed by atoms with Gasteiger partial charge < -0.3 is 14.9 Å². The molecule has 0 heterocycles. The lowest BCUT2D eigenvalue weighted by Crippen LogP contribution is -2.30. The second-order valence-electron chi connectivity index (χ2n) is 4.40. The van der Waals surface area contributed by atoms with Gasteiger partial charge in [0.25, 0.3) is 0 Å². The fraction of sp³-hybridized carbons (Fsp3) is 0.571. The third-order valence-corrected chi connectivity index (χ3v) is 3.42. The second-order valence-corrected chi connectivity index (χ2v) is 4.40. The van der Waals surface area contributed by atoms with Crippen LogP contribution in [0.1, 0.15) is 37.8 Å². The summed E-state index contributed by atoms with van der Waals surface area (Å²) in [6.45, 7) is 3.94. The van der Waals surface area contributed by atoms with E-state index in [0.29, 0.717) is 19.3 Å². The third-order valence-electron chi connectivity index (χ3n) is 3.42. The first-order chi connectivity index (χ1) is 8.08. The van der Waals surface area contributed by atoms with E-state index in [2.05, 4.69) is 0 Å². The van der Waals surface area contributed by atoms with Gasteiger partial charge in [0, 0.05) is 6.42 Å². The molecule has 3 heteroatoms. The number of aliphatic hydroxyl groups excluding tert-OH is 1. The van der Waals surface area contributed by atoms with Crippen molar-refractivity contribution in [3.8, 4) is 5.75 Å². The molecule has 2 N–H and O–H groups in total. The zero-order chi connectivity index (χ0) is 12.9. The summed E-state index contributed by atoms with van der Waals surface area (Å²) in [5.74, 6) is 0.756. The van der Waals surface area contributed by atoms with Crippen LogP contribution in [0.3, 0.4) is 0 Å². The topological polar surface area (TPSA) is 49.7 Å². The lowest BCUT2D eigenvalue weighted by molar-refractivity contribution is 0.0322. The van der Waals surface area contributed by atoms with Crippen molar-refractivity contribution in [2.24, 2.45) is 0 Å². The van der Waals surface area contributed by atoms with Crippen LogP contribution in [0, 0.1) is 0 Å². The largest absolute Gasteiger partial charge is 0.497 e. The average Bonchev–Trinajstić information content (AvgIpc) is 2.38. The molecule has 0 fully saturated rings. The summed E-state index contributed by atoms with van der Waals surface area (Å²) in [6.07, 6.45) is 1.95. The van der Waals surface area contributed by atoms with Crippen LogP contribution in [0.2, 0.25) is 0 Å². The number of ether oxygens (including phenoxy) is 1. The minimum Gasteiger partial charge on any atom is -0.497 e. The van der Waals surface area contributed by atoms with Crippen LogP contribution in [-0.4, -0.2) is 22.9 Å². The number of rotatable bonds is 6. The normalized spacial score (nSPS) is 11.6. The predicted molar refractivity (Wildman–Crippen MR) is 68.2 cm³/mol. The Kier molecular flexibility index (Phi) is 4.97. The fourth-order valence-electron chi connectivity index (χ4n) is 1.90. The van der Waals surface area contributed by atoms with Crippen molar-refractivity contribution in [2.75, 3.05) is 7.11 Å². The summed E-state index contributed by atoms with van der Waals surface area (Å²) in [5, 5.41) is 19.6. The Bertz CT molecular complexity index is 356. The zero-order valence-electron chi connectivity index (χ0n) is 10.9. The molecule has 0 unspecified atom stereocenters. The number of methoxy groups -OCH3 is 1. The molecule has 17 heavy (non-hydrogen) atoms. The highest BCUT2D eigenvalue weighted by molar-refractivity contribution is 5.36. The maximum atomic E-state index is 10.3. The number of benzene rings is 1. The molecular formula is C14H22O3. The van der Waals surface area contributed by atoms with Crippen molar-refractivity contribution in [1.29, 1.82) is 0 Å². The molecular weight excluding hydrogens is 216 g/mol. The second kappa shape index (κ2) is 6.03. The summed E-state index contributed by atoms with van der Waals surface area (Å²) in [5.41, 5.74) is 1.11. The SMILES string of the molecule is CCC(O)(CC)Cc1cc(OC)ccc1CO. The molecule has 1 aromatic carbocycles. The Labute approximate surface area is 103 Å². The van der Waals surface area contributed by atoms with E-state index in [1.807, 2.05) is 32.0 Å². The van der Waals surface area contributed by atoms with Crippen LogP contribution >= 0.6 is 0 Å². The smallest absolute Gasteiger partial charge is 0.119 e. The summed E-state index contributed by atoms with van der Waals surface area (Å²) >= 11 is 0. The molecule has 0 aliphatic carbocycles. The maximum Gasteiger partial charge on any atom is 0.119 e. The molecule has 3 nitrogen and oxygen atoms in total. The van der Waals surface area contributed by atoms with Crippen molar-refractivity contribution in [3.05, 3.63) is 29.3 Å². The average molecular weight is 238 g/mol. The highest BCUT2D eigenvalue weighted by Crippen LogP contribution is 2.26. The van der Waals surface area contributed by atoms with Crippen molar-refractivity contribution >= 4 is 0 Å². The first-order valence-corrected chi connectivity index (χ1v) is 6.07. The molecule has 1 aromatic rings. The zero-order valence-corrected chi connectivity index (χ0v) is 10.9. The van der Waals surface area contributed by atoms with E-state index >= 15 is 0 Å². The molecule has 0 atom stereocenters. The Balaban J connectivity index is 3.02. The van der Waals surface area contributed by atoms with Gasteiger partial charge in [0.1, 0.15) is 5.75 Å². The van der Waals surface area contributed by atoms with Crippen LogP contribution < -0.4 is 4.74 Å². The van der Waals surface area contributed by atoms with Crippen molar-refractivity contribution in [2.45, 2.75) is 45.3 Å². The van der Waals surface area contributed by atoms with Gasteiger partial charge in [-0.15, -0.1) is 0 Å². The molecule has 0 aliphatic rings. The Hall–Kier alpha value is -1.06. The van der Waals surface area contributed by atoms with E-state index < -0.39 is 5.60 Å². The summed E-state index contributed by atoms with van der Waals surface area (Å²) in [7, 11) is 1.61. The first kappa shape index (κ1) is 14.0. The van der Waals surface area contributed by atoms with Gasteiger partial charge in [-0.1, -0.05) is 19.9 Å². The monoisotopic (exact) mass is 238 g/mol. The molecule has 1 rings (SSSR count). The van der Waals surface area contributed by atoms with Gasteiger partial charge in [0.2, 0.25) is 0 Å². The van der Waals surface area contributed by atoms with E-state index in [-0.39, 0.29) is 6.61 Å². The molecule has 0 aromatic heterocycles. The fourth-order valence-corrected chi connectivity index (χ4v) is 1.90. The molecule has 0 aliphatic heterocycles. The van der Waals surface area contributed by atoms with E-state index in [4.69, 9.17) is 4.74 Å². The highest BCUT2D eigenvalue weighted by Gasteiger charge is 2.24. The standard InChI is InChI=1S/C14H22O3/c1-4-14(16,5-2)9-12-8-13(17-3)7-6-11(12)10-15/h6-8,15-16H,4-5,9-10H2,1-3H3. The van der Waals surface area contributed by atoms with Gasteiger partial charge in [-0.25, -0.2) is 0 Å². The molecule has 96 valence electrons. The summed E-state index contributed by atoms with van der Waals surface area (Å²) in [4.78, 5) is 0. The van der Waals surface area contributed by atoms with Crippen molar-refractivity contribution in [1.82, 2.24) is 0 Å². The Morgan fingerprint density at radius 1 is 1.18 bits per heavy atom. The van der Waals surface area contributed by atoms with Crippen LogP contribution in [0.15, 0.2) is 18.2 Å². The molecule has 0 saturated carbocycles. The van der Waals surface area contributed by atoms with Gasteiger partial charge in [-0.05, 0) is 36.1 Å². The lowest BCUT2D eigenvalue weighted by Gasteiger charge is -2.26. The van der Waals surface area contributed by atoms with Crippen LogP contribution in [-0.2, 0) is 13.0 Å². The minimum atomic E-state index is -0.698. The molecule has 0 radical (unpaired) electrons. The molecule has 0 saturated heterocycles. The van der Waals surface area contributed by atoms with Gasteiger partial charge in [0.05, 0.1) is 19.3 Å². The van der Waals surface area contributed by atoms with E-state index in [9.17, 15) is 10.2 Å². The molecule has 0 bridgehead atoms. The van der Waals surface area contributed by atoms with Crippen LogP contribution in [0.4, 0.5) is 0 Å². The van der Waals surface area contributed by atoms with Gasteiger partial charge in [0.15, 0.2) is 0 Å². The van der Waals surface area contributed by atoms with Crippen molar-refractivity contribution < 1.29 is 14.9 Å². The summed E-state index contributed by atoms with van der Waals surface area (Å²) < 4.78 is 5.17. The number of aliphatic hydroxyl groups is 2. The quantitative estimate of drug-likeness (QED) is 0.799. The lowest BCUT2D eigenvalue weighted by atomic mass is 9.87. The highest BCUT2D eigenvalue weighted by atomic mass is 16.5. The number of hydrogen-bond acceptors (Lipinski definition) is 3. The van der Waals surface area contributed by atoms with Crippen LogP contribution in [0.5, 0.6) is 5.75 Å². The first-order valence-electron chi connectivity index (χ1n) is 6.07. The molecule has 0 amide bonds. The third kappa shape index (κ3) is 3.45. The summed E-state index contributed by atoms with van der Waals surface area (Å²) in [6, 6.07) is 5.56. The van der Waals surface area contributed by atoms with Crippen LogP contribution in [0.25, 0.3) is 0 Å².